The molecule has 0 aromatic heterocycles. The number of nitrogens with zero attached hydrogens (tertiary/aromatic N) is 1. The summed E-state index contributed by atoms with van der Waals surface area (Å²) in [7, 11) is 0. The second kappa shape index (κ2) is 13.3. The van der Waals surface area contributed by atoms with Gasteiger partial charge in [0.15, 0.2) is 0 Å². The van der Waals surface area contributed by atoms with Crippen molar-refractivity contribution in [2.24, 2.45) is 0 Å². The third-order valence-electron chi connectivity index (χ3n) is 5.14. The molecular weight excluding hydrogens is 487 g/mol. The van der Waals surface area contributed by atoms with Crippen LogP contribution in [0.15, 0.2) is 47.4 Å². The van der Waals surface area contributed by atoms with Crippen molar-refractivity contribution in [3.8, 4) is 0 Å². The molecule has 0 heterocycles. The molecule has 0 saturated heterocycles. The lowest BCUT2D eigenvalue weighted by Crippen LogP contribution is -2.50. The Morgan fingerprint density at radius 2 is 1.66 bits per heavy atom. The summed E-state index contributed by atoms with van der Waals surface area (Å²) in [6, 6.07) is 12.2. The van der Waals surface area contributed by atoms with Gasteiger partial charge in [0.05, 0.1) is 0 Å². The van der Waals surface area contributed by atoms with Crippen LogP contribution in [0.4, 0.5) is 0 Å². The normalized spacial score (nSPS) is 12.8. The van der Waals surface area contributed by atoms with Crippen LogP contribution in [0.1, 0.15) is 45.6 Å². The lowest BCUT2D eigenvalue weighted by atomic mass is 10.1. The zero-order valence-electron chi connectivity index (χ0n) is 18.5. The largest absolute Gasteiger partial charge is 0.352 e. The molecule has 2 amide bonds. The Morgan fingerprint density at radius 3 is 2.25 bits per heavy atom. The van der Waals surface area contributed by atoms with Gasteiger partial charge in [-0.25, -0.2) is 0 Å². The van der Waals surface area contributed by atoms with Gasteiger partial charge in [-0.2, -0.15) is 0 Å². The number of thioether (sulfide) groups is 1. The van der Waals surface area contributed by atoms with Crippen LogP contribution in [0.3, 0.4) is 0 Å². The highest BCUT2D eigenvalue weighted by atomic mass is 35.5. The molecule has 0 bridgehead atoms. The zero-order valence-corrected chi connectivity index (χ0v) is 21.6. The SMILES string of the molecule is CC[C@@H](C)NC(=O)[C@H](CC)N(Cc1ccc(Cl)cc1Cl)C(=O)CCSc1ccc(Cl)cc1. The predicted molar refractivity (Wildman–Crippen MR) is 136 cm³/mol. The van der Waals surface area contributed by atoms with Crippen LogP contribution in [0.2, 0.25) is 15.1 Å². The van der Waals surface area contributed by atoms with Gasteiger partial charge >= 0.3 is 0 Å². The molecular formula is C24H29Cl3N2O2S. The van der Waals surface area contributed by atoms with E-state index in [9.17, 15) is 9.59 Å². The highest BCUT2D eigenvalue weighted by Gasteiger charge is 2.29. The highest BCUT2D eigenvalue weighted by molar-refractivity contribution is 7.99. The van der Waals surface area contributed by atoms with Crippen LogP contribution in [-0.2, 0) is 16.1 Å². The van der Waals surface area contributed by atoms with Crippen molar-refractivity contribution in [3.05, 3.63) is 63.1 Å². The molecule has 2 aromatic carbocycles. The Labute approximate surface area is 210 Å². The Morgan fingerprint density at radius 1 is 1.00 bits per heavy atom. The van der Waals surface area contributed by atoms with Gasteiger partial charge in [0.2, 0.25) is 11.8 Å². The van der Waals surface area contributed by atoms with Crippen molar-refractivity contribution in [3.63, 3.8) is 0 Å². The minimum atomic E-state index is -0.580. The summed E-state index contributed by atoms with van der Waals surface area (Å²) in [5.74, 6) is 0.351. The van der Waals surface area contributed by atoms with E-state index < -0.39 is 6.04 Å². The number of rotatable bonds is 11. The second-order valence-corrected chi connectivity index (χ2v) is 10.0. The van der Waals surface area contributed by atoms with Crippen LogP contribution in [0, 0.1) is 0 Å². The number of amides is 2. The molecule has 8 heteroatoms. The highest BCUT2D eigenvalue weighted by Crippen LogP contribution is 2.25. The van der Waals surface area contributed by atoms with Gasteiger partial charge in [-0.3, -0.25) is 9.59 Å². The molecule has 0 aliphatic heterocycles. The maximum absolute atomic E-state index is 13.3. The van der Waals surface area contributed by atoms with Gasteiger partial charge in [-0.15, -0.1) is 11.8 Å². The first-order valence-corrected chi connectivity index (χ1v) is 12.8. The summed E-state index contributed by atoms with van der Waals surface area (Å²) in [5, 5.41) is 4.68. The van der Waals surface area contributed by atoms with Gasteiger partial charge < -0.3 is 10.2 Å². The minimum absolute atomic E-state index is 0.0353. The van der Waals surface area contributed by atoms with Crippen LogP contribution >= 0.6 is 46.6 Å². The van der Waals surface area contributed by atoms with Gasteiger partial charge in [0, 0.05) is 44.7 Å². The summed E-state index contributed by atoms with van der Waals surface area (Å²) < 4.78 is 0. The fourth-order valence-corrected chi connectivity index (χ4v) is 4.56. The van der Waals surface area contributed by atoms with E-state index in [1.165, 1.54) is 0 Å². The standard InChI is InChI=1S/C24H29Cl3N2O2S/c1-4-16(3)28-24(31)22(5-2)29(15-17-6-7-19(26)14-21(17)27)23(30)12-13-32-20-10-8-18(25)9-11-20/h6-11,14,16,22H,4-5,12-13,15H2,1-3H3,(H,28,31)/t16-,22+/m1/s1. The first-order valence-electron chi connectivity index (χ1n) is 10.7. The first kappa shape index (κ1) is 26.8. The molecule has 1 N–H and O–H groups in total. The average Bonchev–Trinajstić information content (AvgIpc) is 2.76. The summed E-state index contributed by atoms with van der Waals surface area (Å²) in [6.45, 7) is 6.12. The molecule has 0 spiro atoms. The molecule has 0 unspecified atom stereocenters. The summed E-state index contributed by atoms with van der Waals surface area (Å²) in [5.41, 5.74) is 0.754. The summed E-state index contributed by atoms with van der Waals surface area (Å²) in [6.07, 6.45) is 1.62. The number of carbonyl (C=O) groups excluding carboxylic acids is 2. The van der Waals surface area contributed by atoms with Gasteiger partial charge in [-0.05, 0) is 61.7 Å². The topological polar surface area (TPSA) is 49.4 Å². The van der Waals surface area contributed by atoms with E-state index in [-0.39, 0.29) is 24.4 Å². The number of carbonyl (C=O) groups is 2. The summed E-state index contributed by atoms with van der Waals surface area (Å²) in [4.78, 5) is 28.9. The van der Waals surface area contributed by atoms with Crippen molar-refractivity contribution in [2.45, 2.75) is 63.6 Å². The van der Waals surface area contributed by atoms with Crippen molar-refractivity contribution in [2.75, 3.05) is 5.75 Å². The number of hydrogen-bond donors (Lipinski definition) is 1. The third kappa shape index (κ3) is 8.18. The first-order chi connectivity index (χ1) is 15.2. The summed E-state index contributed by atoms with van der Waals surface area (Å²) >= 11 is 19.9. The molecule has 4 nitrogen and oxygen atoms in total. The number of benzene rings is 2. The quantitative estimate of drug-likeness (QED) is 0.333. The zero-order chi connectivity index (χ0) is 23.7. The van der Waals surface area contributed by atoms with Crippen molar-refractivity contribution < 1.29 is 9.59 Å². The number of hydrogen-bond acceptors (Lipinski definition) is 3. The van der Waals surface area contributed by atoms with E-state index in [1.54, 1.807) is 34.9 Å². The van der Waals surface area contributed by atoms with E-state index in [0.717, 1.165) is 16.9 Å². The molecule has 0 saturated carbocycles. The molecule has 32 heavy (non-hydrogen) atoms. The van der Waals surface area contributed by atoms with Crippen LogP contribution in [0.5, 0.6) is 0 Å². The molecule has 2 aromatic rings. The van der Waals surface area contributed by atoms with Gasteiger partial charge in [0.25, 0.3) is 0 Å². The van der Waals surface area contributed by atoms with Crippen LogP contribution < -0.4 is 5.32 Å². The minimum Gasteiger partial charge on any atom is -0.352 e. The Balaban J connectivity index is 2.17. The van der Waals surface area contributed by atoms with Crippen LogP contribution in [0.25, 0.3) is 0 Å². The van der Waals surface area contributed by atoms with E-state index in [0.29, 0.717) is 33.7 Å². The van der Waals surface area contributed by atoms with E-state index in [4.69, 9.17) is 34.8 Å². The molecule has 174 valence electrons. The molecule has 0 radical (unpaired) electrons. The van der Waals surface area contributed by atoms with Crippen molar-refractivity contribution >= 4 is 58.4 Å². The lowest BCUT2D eigenvalue weighted by Gasteiger charge is -2.31. The number of halogens is 3. The van der Waals surface area contributed by atoms with Crippen LogP contribution in [-0.4, -0.2) is 34.6 Å². The van der Waals surface area contributed by atoms with Gasteiger partial charge in [-0.1, -0.05) is 54.7 Å². The Kier molecular flexibility index (Phi) is 11.2. The fourth-order valence-electron chi connectivity index (χ4n) is 3.12. The smallest absolute Gasteiger partial charge is 0.243 e. The van der Waals surface area contributed by atoms with E-state index >= 15 is 0 Å². The van der Waals surface area contributed by atoms with Gasteiger partial charge in [0.1, 0.15) is 6.04 Å². The fraction of sp³-hybridized carbons (Fsp3) is 0.417. The van der Waals surface area contributed by atoms with Crippen molar-refractivity contribution in [1.82, 2.24) is 10.2 Å². The molecule has 0 aliphatic rings. The Hall–Kier alpha value is -1.40. The average molecular weight is 516 g/mol. The van der Waals surface area contributed by atoms with E-state index in [2.05, 4.69) is 5.32 Å². The molecule has 0 fully saturated rings. The second-order valence-electron chi connectivity index (χ2n) is 7.55. The molecule has 2 atom stereocenters. The third-order valence-corrected chi connectivity index (χ3v) is 6.99. The monoisotopic (exact) mass is 514 g/mol. The lowest BCUT2D eigenvalue weighted by molar-refractivity contribution is -0.141. The van der Waals surface area contributed by atoms with Crippen molar-refractivity contribution in [1.29, 1.82) is 0 Å². The maximum atomic E-state index is 13.3. The Bertz CT molecular complexity index is 909. The number of nitrogens with one attached hydrogen (secondary N) is 1. The molecule has 0 aliphatic carbocycles. The predicted octanol–water partition coefficient (Wildman–Crippen LogP) is 6.85. The molecule has 2 rings (SSSR count). The van der Waals surface area contributed by atoms with E-state index in [1.807, 2.05) is 45.0 Å². The maximum Gasteiger partial charge on any atom is 0.243 e.